The van der Waals surface area contributed by atoms with Crippen molar-refractivity contribution >= 4 is 23.0 Å². The molecule has 2 N–H and O–H groups in total. The van der Waals surface area contributed by atoms with Crippen LogP contribution >= 0.6 is 11.3 Å². The van der Waals surface area contributed by atoms with E-state index in [2.05, 4.69) is 40.1 Å². The normalized spacial score (nSPS) is 12.4. The van der Waals surface area contributed by atoms with Crippen LogP contribution in [0, 0.1) is 0 Å². The fourth-order valence-corrected chi connectivity index (χ4v) is 3.18. The zero-order chi connectivity index (χ0) is 18.2. The Morgan fingerprint density at radius 3 is 2.32 bits per heavy atom. The van der Waals surface area contributed by atoms with E-state index in [0.29, 0.717) is 29.1 Å². The Morgan fingerprint density at radius 2 is 1.84 bits per heavy atom. The maximum absolute atomic E-state index is 5.38. The summed E-state index contributed by atoms with van der Waals surface area (Å²) >= 11 is 1.76. The van der Waals surface area contributed by atoms with E-state index in [9.17, 15) is 0 Å². The van der Waals surface area contributed by atoms with Gasteiger partial charge in [0.05, 0.1) is 21.3 Å². The lowest BCUT2D eigenvalue weighted by Crippen LogP contribution is -2.33. The first kappa shape index (κ1) is 18.9. The second-order valence-corrected chi connectivity index (χ2v) is 6.39. The molecule has 0 aliphatic carbocycles. The quantitative estimate of drug-likeness (QED) is 0.582. The van der Waals surface area contributed by atoms with Crippen molar-refractivity contribution in [3.05, 3.63) is 34.5 Å². The van der Waals surface area contributed by atoms with Crippen LogP contribution in [-0.4, -0.2) is 40.9 Å². The number of nitrogens with one attached hydrogen (secondary N) is 2. The number of ether oxygens (including phenoxy) is 3. The third-order valence-electron chi connectivity index (χ3n) is 3.76. The molecule has 1 atom stereocenters. The van der Waals surface area contributed by atoms with Crippen molar-refractivity contribution in [1.29, 1.82) is 0 Å². The molecule has 1 aromatic heterocycles. The van der Waals surface area contributed by atoms with E-state index < -0.39 is 0 Å². The molecule has 0 saturated carbocycles. The fraction of sp³-hybridized carbons (Fsp3) is 0.389. The topological polar surface area (TPSA) is 64.1 Å². The summed E-state index contributed by atoms with van der Waals surface area (Å²) in [7, 11) is 6.51. The lowest BCUT2D eigenvalue weighted by molar-refractivity contribution is 0.324. The molecule has 2 rings (SSSR count). The van der Waals surface area contributed by atoms with Gasteiger partial charge in [-0.15, -0.1) is 11.3 Å². The molecule has 1 heterocycles. The lowest BCUT2D eigenvalue weighted by atomic mass is 10.1. The van der Waals surface area contributed by atoms with Gasteiger partial charge in [-0.3, -0.25) is 4.99 Å². The molecule has 2 aromatic rings. The molecule has 0 amide bonds. The number of guanidine groups is 1. The average molecular weight is 363 g/mol. The predicted molar refractivity (Wildman–Crippen MR) is 104 cm³/mol. The molecule has 25 heavy (non-hydrogen) atoms. The molecule has 0 fully saturated rings. The molecule has 0 aliphatic rings. The van der Waals surface area contributed by atoms with Crippen molar-refractivity contribution in [2.24, 2.45) is 4.99 Å². The van der Waals surface area contributed by atoms with Crippen LogP contribution in [0.3, 0.4) is 0 Å². The van der Waals surface area contributed by atoms with E-state index in [-0.39, 0.29) is 0 Å². The summed E-state index contributed by atoms with van der Waals surface area (Å²) in [6.07, 6.45) is 0. The van der Waals surface area contributed by atoms with E-state index in [1.807, 2.05) is 12.1 Å². The second-order valence-electron chi connectivity index (χ2n) is 5.41. The van der Waals surface area contributed by atoms with Gasteiger partial charge in [-0.05, 0) is 11.4 Å². The van der Waals surface area contributed by atoms with Gasteiger partial charge in [-0.1, -0.05) is 13.0 Å². The third-order valence-corrected chi connectivity index (χ3v) is 4.86. The summed E-state index contributed by atoms with van der Waals surface area (Å²) in [5.74, 6) is 2.82. The Kier molecular flexibility index (Phi) is 6.94. The van der Waals surface area contributed by atoms with Crippen molar-refractivity contribution in [3.63, 3.8) is 0 Å². The molecule has 0 radical (unpaired) electrons. The monoisotopic (exact) mass is 363 g/mol. The molecule has 7 heteroatoms. The minimum atomic E-state index is 0.401. The van der Waals surface area contributed by atoms with Gasteiger partial charge in [0.15, 0.2) is 17.5 Å². The molecule has 136 valence electrons. The molecular weight excluding hydrogens is 338 g/mol. The summed E-state index contributed by atoms with van der Waals surface area (Å²) in [5, 5.41) is 8.69. The predicted octanol–water partition coefficient (Wildman–Crippen LogP) is 3.56. The number of anilines is 1. The summed E-state index contributed by atoms with van der Waals surface area (Å²) < 4.78 is 16.1. The highest BCUT2D eigenvalue weighted by atomic mass is 32.1. The summed E-state index contributed by atoms with van der Waals surface area (Å²) in [6, 6.07) is 7.90. The van der Waals surface area contributed by atoms with Crippen molar-refractivity contribution < 1.29 is 14.2 Å². The SMILES string of the molecule is CN=C(NCC(C)c1cccs1)Nc1cc(OC)c(OC)c(OC)c1. The van der Waals surface area contributed by atoms with Gasteiger partial charge in [-0.25, -0.2) is 0 Å². The van der Waals surface area contributed by atoms with Gasteiger partial charge in [0.2, 0.25) is 5.75 Å². The first-order valence-electron chi connectivity index (χ1n) is 7.94. The number of aliphatic imine (C=N–C) groups is 1. The van der Waals surface area contributed by atoms with Gasteiger partial charge < -0.3 is 24.8 Å². The molecule has 0 bridgehead atoms. The Morgan fingerprint density at radius 1 is 1.16 bits per heavy atom. The van der Waals surface area contributed by atoms with Crippen LogP contribution < -0.4 is 24.8 Å². The number of rotatable bonds is 7. The van der Waals surface area contributed by atoms with Gasteiger partial charge in [0.25, 0.3) is 0 Å². The fourth-order valence-electron chi connectivity index (χ4n) is 2.39. The van der Waals surface area contributed by atoms with Crippen LogP contribution in [0.15, 0.2) is 34.6 Å². The minimum Gasteiger partial charge on any atom is -0.493 e. The van der Waals surface area contributed by atoms with Crippen molar-refractivity contribution in [3.8, 4) is 17.2 Å². The molecular formula is C18H25N3O3S. The molecule has 1 aromatic carbocycles. The average Bonchev–Trinajstić information content (AvgIpc) is 3.18. The molecule has 0 spiro atoms. The van der Waals surface area contributed by atoms with Crippen molar-refractivity contribution in [1.82, 2.24) is 5.32 Å². The molecule has 6 nitrogen and oxygen atoms in total. The number of benzene rings is 1. The lowest BCUT2D eigenvalue weighted by Gasteiger charge is -2.17. The zero-order valence-electron chi connectivity index (χ0n) is 15.3. The van der Waals surface area contributed by atoms with Crippen LogP contribution in [0.5, 0.6) is 17.2 Å². The zero-order valence-corrected chi connectivity index (χ0v) is 16.1. The number of thiophene rings is 1. The summed E-state index contributed by atoms with van der Waals surface area (Å²) in [6.45, 7) is 2.97. The largest absolute Gasteiger partial charge is 0.493 e. The van der Waals surface area contributed by atoms with E-state index in [1.54, 1.807) is 39.7 Å². The van der Waals surface area contributed by atoms with E-state index in [1.165, 1.54) is 4.88 Å². The molecule has 0 saturated heterocycles. The first-order valence-corrected chi connectivity index (χ1v) is 8.82. The Hall–Kier alpha value is -2.41. The van der Waals surface area contributed by atoms with Gasteiger partial charge in [0.1, 0.15) is 0 Å². The smallest absolute Gasteiger partial charge is 0.203 e. The van der Waals surface area contributed by atoms with Crippen LogP contribution in [0.1, 0.15) is 17.7 Å². The highest BCUT2D eigenvalue weighted by Crippen LogP contribution is 2.39. The molecule has 1 unspecified atom stereocenters. The number of nitrogens with zero attached hydrogens (tertiary/aromatic N) is 1. The van der Waals surface area contributed by atoms with E-state index >= 15 is 0 Å². The molecule has 0 aliphatic heterocycles. The van der Waals surface area contributed by atoms with Crippen LogP contribution in [0.2, 0.25) is 0 Å². The summed E-state index contributed by atoms with van der Waals surface area (Å²) in [5.41, 5.74) is 0.798. The Bertz CT molecular complexity index is 677. The minimum absolute atomic E-state index is 0.401. The highest BCUT2D eigenvalue weighted by molar-refractivity contribution is 7.10. The van der Waals surface area contributed by atoms with Crippen molar-refractivity contribution in [2.45, 2.75) is 12.8 Å². The second kappa shape index (κ2) is 9.17. The van der Waals surface area contributed by atoms with Gasteiger partial charge >= 0.3 is 0 Å². The summed E-state index contributed by atoms with van der Waals surface area (Å²) in [4.78, 5) is 5.62. The Labute approximate surface area is 152 Å². The first-order chi connectivity index (χ1) is 12.1. The number of methoxy groups -OCH3 is 3. The van der Waals surface area contributed by atoms with Gasteiger partial charge in [0, 0.05) is 42.2 Å². The maximum Gasteiger partial charge on any atom is 0.203 e. The Balaban J connectivity index is 2.08. The maximum atomic E-state index is 5.38. The van der Waals surface area contributed by atoms with Crippen LogP contribution in [0.4, 0.5) is 5.69 Å². The number of hydrogen-bond donors (Lipinski definition) is 2. The van der Waals surface area contributed by atoms with Gasteiger partial charge in [-0.2, -0.15) is 0 Å². The third kappa shape index (κ3) is 4.79. The number of hydrogen-bond acceptors (Lipinski definition) is 5. The van der Waals surface area contributed by atoms with E-state index in [0.717, 1.165) is 12.2 Å². The van der Waals surface area contributed by atoms with Crippen LogP contribution in [-0.2, 0) is 0 Å². The standard InChI is InChI=1S/C18H25N3O3S/c1-12(16-7-6-8-25-16)11-20-18(19-2)21-13-9-14(22-3)17(24-5)15(10-13)23-4/h6-10,12H,11H2,1-5H3,(H2,19,20,21). The highest BCUT2D eigenvalue weighted by Gasteiger charge is 2.14. The van der Waals surface area contributed by atoms with E-state index in [4.69, 9.17) is 14.2 Å². The van der Waals surface area contributed by atoms with Crippen LogP contribution in [0.25, 0.3) is 0 Å². The van der Waals surface area contributed by atoms with Crippen molar-refractivity contribution in [2.75, 3.05) is 40.2 Å².